The Balaban J connectivity index is 2.23. The van der Waals surface area contributed by atoms with Crippen molar-refractivity contribution in [3.63, 3.8) is 0 Å². The van der Waals surface area contributed by atoms with Gasteiger partial charge in [0, 0.05) is 17.9 Å². The smallest absolute Gasteiger partial charge is 0.138 e. The monoisotopic (exact) mass is 234 g/mol. The largest absolute Gasteiger partial charge is 0.496 e. The van der Waals surface area contributed by atoms with Crippen molar-refractivity contribution in [1.82, 2.24) is 0 Å². The highest BCUT2D eigenvalue weighted by atomic mass is 16.5. The van der Waals surface area contributed by atoms with E-state index in [4.69, 9.17) is 4.74 Å². The zero-order valence-corrected chi connectivity index (χ0v) is 10.1. The molecule has 0 spiro atoms. The first-order valence-corrected chi connectivity index (χ1v) is 6.07. The van der Waals surface area contributed by atoms with Crippen molar-refractivity contribution < 1.29 is 14.6 Å². The van der Waals surface area contributed by atoms with Crippen LogP contribution in [0.5, 0.6) is 5.75 Å². The van der Waals surface area contributed by atoms with E-state index in [0.29, 0.717) is 12.2 Å². The van der Waals surface area contributed by atoms with Crippen LogP contribution in [0, 0.1) is 5.92 Å². The second-order valence-corrected chi connectivity index (χ2v) is 4.51. The summed E-state index contributed by atoms with van der Waals surface area (Å²) in [6, 6.07) is 7.35. The number of carbonyl (C=O) groups is 1. The Morgan fingerprint density at radius 3 is 2.82 bits per heavy atom. The maximum atomic E-state index is 11.8. The number of hydrogen-bond acceptors (Lipinski definition) is 3. The van der Waals surface area contributed by atoms with Crippen molar-refractivity contribution in [1.29, 1.82) is 0 Å². The van der Waals surface area contributed by atoms with Gasteiger partial charge in [-0.25, -0.2) is 0 Å². The zero-order chi connectivity index (χ0) is 12.3. The minimum atomic E-state index is -0.737. The van der Waals surface area contributed by atoms with Crippen molar-refractivity contribution in [2.75, 3.05) is 7.11 Å². The Labute approximate surface area is 101 Å². The second-order valence-electron chi connectivity index (χ2n) is 4.51. The molecule has 3 heteroatoms. The van der Waals surface area contributed by atoms with Gasteiger partial charge in [-0.2, -0.15) is 0 Å². The van der Waals surface area contributed by atoms with Gasteiger partial charge in [0.15, 0.2) is 0 Å². The van der Waals surface area contributed by atoms with Gasteiger partial charge in [0.25, 0.3) is 0 Å². The van der Waals surface area contributed by atoms with E-state index in [1.54, 1.807) is 7.11 Å². The molecule has 1 fully saturated rings. The van der Waals surface area contributed by atoms with E-state index >= 15 is 0 Å². The maximum Gasteiger partial charge on any atom is 0.138 e. The third-order valence-corrected chi connectivity index (χ3v) is 3.44. The number of Topliss-reactive ketones (excluding diaryl/α,β-unsaturated/α-hetero) is 1. The maximum absolute atomic E-state index is 11.8. The lowest BCUT2D eigenvalue weighted by molar-refractivity contribution is -0.128. The van der Waals surface area contributed by atoms with Crippen LogP contribution in [0.25, 0.3) is 0 Å². The van der Waals surface area contributed by atoms with Crippen molar-refractivity contribution in [2.45, 2.75) is 31.8 Å². The number of benzene rings is 1. The van der Waals surface area contributed by atoms with E-state index in [1.165, 1.54) is 0 Å². The van der Waals surface area contributed by atoms with Crippen LogP contribution >= 0.6 is 0 Å². The molecule has 1 aliphatic rings. The molecule has 1 aromatic carbocycles. The highest BCUT2D eigenvalue weighted by Gasteiger charge is 2.31. The first-order chi connectivity index (χ1) is 8.24. The van der Waals surface area contributed by atoms with Gasteiger partial charge in [0.2, 0.25) is 0 Å². The summed E-state index contributed by atoms with van der Waals surface area (Å²) in [5, 5.41) is 10.3. The normalized spacial score (nSPS) is 22.2. The summed E-state index contributed by atoms with van der Waals surface area (Å²) < 4.78 is 5.22. The van der Waals surface area contributed by atoms with Crippen LogP contribution in [-0.4, -0.2) is 18.0 Å². The Morgan fingerprint density at radius 2 is 2.12 bits per heavy atom. The van der Waals surface area contributed by atoms with Crippen LogP contribution in [0.3, 0.4) is 0 Å². The van der Waals surface area contributed by atoms with Gasteiger partial charge in [-0.3, -0.25) is 4.79 Å². The molecule has 0 unspecified atom stereocenters. The molecule has 1 N–H and O–H groups in total. The standard InChI is InChI=1S/C14H18O3/c1-17-13-9-5-3-7-11(13)14(16)10-6-2-4-8-12(10)15/h3,5,7,9-10,14,16H,2,4,6,8H2,1H3/t10-,14-/m0/s1. The number of methoxy groups -OCH3 is 1. The molecule has 1 saturated carbocycles. The van der Waals surface area contributed by atoms with Crippen LogP contribution in [0.15, 0.2) is 24.3 Å². The quantitative estimate of drug-likeness (QED) is 0.874. The Morgan fingerprint density at radius 1 is 1.35 bits per heavy atom. The molecule has 3 nitrogen and oxygen atoms in total. The third-order valence-electron chi connectivity index (χ3n) is 3.44. The molecule has 1 aliphatic carbocycles. The van der Waals surface area contributed by atoms with E-state index in [-0.39, 0.29) is 11.7 Å². The van der Waals surface area contributed by atoms with E-state index < -0.39 is 6.10 Å². The molecule has 17 heavy (non-hydrogen) atoms. The second kappa shape index (κ2) is 5.32. The fraction of sp³-hybridized carbons (Fsp3) is 0.500. The number of carbonyl (C=O) groups excluding carboxylic acids is 1. The third kappa shape index (κ3) is 2.50. The minimum absolute atomic E-state index is 0.176. The topological polar surface area (TPSA) is 46.5 Å². The number of para-hydroxylation sites is 1. The fourth-order valence-corrected chi connectivity index (χ4v) is 2.47. The Bertz CT molecular complexity index is 400. The van der Waals surface area contributed by atoms with Crippen LogP contribution < -0.4 is 4.74 Å². The minimum Gasteiger partial charge on any atom is -0.496 e. The number of ether oxygens (including phenoxy) is 1. The molecule has 0 saturated heterocycles. The van der Waals surface area contributed by atoms with Gasteiger partial charge >= 0.3 is 0 Å². The summed E-state index contributed by atoms with van der Waals surface area (Å²) in [6.45, 7) is 0. The summed E-state index contributed by atoms with van der Waals surface area (Å²) in [4.78, 5) is 11.8. The SMILES string of the molecule is COc1ccccc1[C@@H](O)[C@H]1CCCCC1=O. The summed E-state index contributed by atoms with van der Waals surface area (Å²) in [7, 11) is 1.58. The van der Waals surface area contributed by atoms with E-state index in [1.807, 2.05) is 24.3 Å². The van der Waals surface area contributed by atoms with Gasteiger partial charge in [-0.05, 0) is 18.9 Å². The molecular weight excluding hydrogens is 216 g/mol. The number of hydrogen-bond donors (Lipinski definition) is 1. The lowest BCUT2D eigenvalue weighted by Gasteiger charge is -2.26. The first kappa shape index (κ1) is 12.1. The summed E-state index contributed by atoms with van der Waals surface area (Å²) in [6.07, 6.45) is 2.60. The molecular formula is C14H18O3. The lowest BCUT2D eigenvalue weighted by Crippen LogP contribution is -2.25. The molecule has 0 amide bonds. The Hall–Kier alpha value is -1.35. The van der Waals surface area contributed by atoms with Crippen LogP contribution in [-0.2, 0) is 4.79 Å². The van der Waals surface area contributed by atoms with Crippen LogP contribution in [0.1, 0.15) is 37.4 Å². The Kier molecular flexibility index (Phi) is 3.79. The van der Waals surface area contributed by atoms with Crippen molar-refractivity contribution in [2.24, 2.45) is 5.92 Å². The predicted molar refractivity (Wildman–Crippen MR) is 64.9 cm³/mol. The average molecular weight is 234 g/mol. The molecule has 2 atom stereocenters. The van der Waals surface area contributed by atoms with Gasteiger partial charge in [0.05, 0.1) is 13.2 Å². The van der Waals surface area contributed by atoms with E-state index in [9.17, 15) is 9.90 Å². The van der Waals surface area contributed by atoms with Gasteiger partial charge in [-0.15, -0.1) is 0 Å². The van der Waals surface area contributed by atoms with E-state index in [2.05, 4.69) is 0 Å². The first-order valence-electron chi connectivity index (χ1n) is 6.07. The number of aliphatic hydroxyl groups excluding tert-OH is 1. The molecule has 92 valence electrons. The van der Waals surface area contributed by atoms with Crippen molar-refractivity contribution in [3.05, 3.63) is 29.8 Å². The summed E-state index contributed by atoms with van der Waals surface area (Å²) in [5.41, 5.74) is 0.718. The fourth-order valence-electron chi connectivity index (χ4n) is 2.47. The van der Waals surface area contributed by atoms with Gasteiger partial charge in [0.1, 0.15) is 11.5 Å². The molecule has 0 aromatic heterocycles. The molecule has 0 radical (unpaired) electrons. The highest BCUT2D eigenvalue weighted by molar-refractivity contribution is 5.82. The number of rotatable bonds is 3. The average Bonchev–Trinajstić information content (AvgIpc) is 2.38. The number of aliphatic hydroxyl groups is 1. The highest BCUT2D eigenvalue weighted by Crippen LogP contribution is 2.35. The predicted octanol–water partition coefficient (Wildman–Crippen LogP) is 2.49. The molecule has 0 aliphatic heterocycles. The van der Waals surface area contributed by atoms with Crippen molar-refractivity contribution >= 4 is 5.78 Å². The molecule has 0 bridgehead atoms. The zero-order valence-electron chi connectivity index (χ0n) is 10.1. The molecule has 0 heterocycles. The molecule has 1 aromatic rings. The number of ketones is 1. The van der Waals surface area contributed by atoms with E-state index in [0.717, 1.165) is 24.8 Å². The lowest BCUT2D eigenvalue weighted by atomic mass is 9.81. The van der Waals surface area contributed by atoms with Gasteiger partial charge < -0.3 is 9.84 Å². The van der Waals surface area contributed by atoms with Crippen LogP contribution in [0.2, 0.25) is 0 Å². The summed E-state index contributed by atoms with van der Waals surface area (Å²) >= 11 is 0. The van der Waals surface area contributed by atoms with Crippen LogP contribution in [0.4, 0.5) is 0 Å². The van der Waals surface area contributed by atoms with Crippen molar-refractivity contribution in [3.8, 4) is 5.75 Å². The summed E-state index contributed by atoms with van der Waals surface area (Å²) in [5.74, 6) is 0.563. The molecule has 2 rings (SSSR count). The van der Waals surface area contributed by atoms with Gasteiger partial charge in [-0.1, -0.05) is 24.6 Å².